The number of hydrogen-bond donors (Lipinski definition) is 2. The molecule has 19 heavy (non-hydrogen) atoms. The highest BCUT2D eigenvalue weighted by molar-refractivity contribution is 6.06. The zero-order valence-corrected chi connectivity index (χ0v) is 10.7. The number of benzene rings is 1. The third kappa shape index (κ3) is 1.99. The molecule has 1 aromatic carbocycles. The van der Waals surface area contributed by atoms with Gasteiger partial charge in [0.2, 0.25) is 0 Å². The third-order valence-electron chi connectivity index (χ3n) is 3.07. The Morgan fingerprint density at radius 2 is 2.16 bits per heavy atom. The number of aromatic nitrogens is 2. The minimum absolute atomic E-state index is 0.206. The van der Waals surface area contributed by atoms with E-state index in [4.69, 9.17) is 4.52 Å². The number of aromatic amines is 1. The molecule has 2 heterocycles. The van der Waals surface area contributed by atoms with Gasteiger partial charge in [0.25, 0.3) is 5.91 Å². The van der Waals surface area contributed by atoms with E-state index in [9.17, 15) is 4.79 Å². The average Bonchev–Trinajstić information content (AvgIpc) is 2.95. The molecule has 5 nitrogen and oxygen atoms in total. The molecule has 3 aromatic rings. The second-order valence-electron chi connectivity index (χ2n) is 4.43. The number of amides is 1. The molecule has 0 saturated heterocycles. The lowest BCUT2D eigenvalue weighted by molar-refractivity contribution is 0.102. The van der Waals surface area contributed by atoms with E-state index < -0.39 is 0 Å². The first-order valence-corrected chi connectivity index (χ1v) is 5.96. The Morgan fingerprint density at radius 1 is 1.32 bits per heavy atom. The van der Waals surface area contributed by atoms with Crippen LogP contribution in [0, 0.1) is 13.8 Å². The van der Waals surface area contributed by atoms with Crippen molar-refractivity contribution in [3.05, 3.63) is 47.5 Å². The predicted octanol–water partition coefficient (Wildman–Crippen LogP) is 3.03. The summed E-state index contributed by atoms with van der Waals surface area (Å²) in [6.07, 6.45) is 1.87. The summed E-state index contributed by atoms with van der Waals surface area (Å²) in [5, 5.41) is 7.73. The quantitative estimate of drug-likeness (QED) is 0.739. The van der Waals surface area contributed by atoms with Gasteiger partial charge in [0.15, 0.2) is 0 Å². The Labute approximate surface area is 109 Å². The summed E-state index contributed by atoms with van der Waals surface area (Å²) >= 11 is 0. The van der Waals surface area contributed by atoms with Crippen molar-refractivity contribution >= 4 is 22.5 Å². The largest absolute Gasteiger partial charge is 0.361 e. The Kier molecular flexibility index (Phi) is 2.59. The molecule has 96 valence electrons. The first-order chi connectivity index (χ1) is 9.15. The van der Waals surface area contributed by atoms with E-state index in [0.29, 0.717) is 17.0 Å². The summed E-state index contributed by atoms with van der Waals surface area (Å²) in [6.45, 7) is 3.47. The fourth-order valence-electron chi connectivity index (χ4n) is 2.13. The molecule has 0 bridgehead atoms. The molecular weight excluding hydrogens is 242 g/mol. The normalized spacial score (nSPS) is 10.8. The smallest absolute Gasteiger partial charge is 0.261 e. The minimum atomic E-state index is -0.206. The molecule has 2 aromatic heterocycles. The van der Waals surface area contributed by atoms with Crippen molar-refractivity contribution in [2.45, 2.75) is 13.8 Å². The van der Waals surface area contributed by atoms with Gasteiger partial charge in [0.05, 0.1) is 5.69 Å². The van der Waals surface area contributed by atoms with Gasteiger partial charge < -0.3 is 14.8 Å². The molecule has 1 amide bonds. The van der Waals surface area contributed by atoms with Gasteiger partial charge in [-0.2, -0.15) is 0 Å². The molecule has 3 rings (SSSR count). The monoisotopic (exact) mass is 255 g/mol. The second kappa shape index (κ2) is 4.28. The van der Waals surface area contributed by atoms with E-state index >= 15 is 0 Å². The highest BCUT2D eigenvalue weighted by atomic mass is 16.5. The van der Waals surface area contributed by atoms with Crippen LogP contribution in [-0.4, -0.2) is 16.0 Å². The van der Waals surface area contributed by atoms with Gasteiger partial charge in [-0.15, -0.1) is 0 Å². The molecule has 0 atom stereocenters. The molecule has 0 fully saturated rings. The highest BCUT2D eigenvalue weighted by Crippen LogP contribution is 2.19. The number of carbonyl (C=O) groups excluding carboxylic acids is 1. The summed E-state index contributed by atoms with van der Waals surface area (Å²) in [4.78, 5) is 15.3. The van der Waals surface area contributed by atoms with Crippen molar-refractivity contribution < 1.29 is 9.32 Å². The fourth-order valence-corrected chi connectivity index (χ4v) is 2.13. The zero-order valence-electron chi connectivity index (χ0n) is 10.7. The van der Waals surface area contributed by atoms with E-state index in [1.54, 1.807) is 13.8 Å². The maximum Gasteiger partial charge on any atom is 0.261 e. The van der Waals surface area contributed by atoms with Crippen molar-refractivity contribution in [3.8, 4) is 0 Å². The van der Waals surface area contributed by atoms with Crippen LogP contribution in [0.1, 0.15) is 21.8 Å². The molecule has 2 N–H and O–H groups in total. The molecule has 0 saturated carbocycles. The Balaban J connectivity index is 1.90. The lowest BCUT2D eigenvalue weighted by atomic mass is 10.2. The number of anilines is 1. The van der Waals surface area contributed by atoms with Gasteiger partial charge in [-0.25, -0.2) is 0 Å². The van der Waals surface area contributed by atoms with Crippen molar-refractivity contribution in [3.63, 3.8) is 0 Å². The van der Waals surface area contributed by atoms with Gasteiger partial charge in [0, 0.05) is 17.4 Å². The van der Waals surface area contributed by atoms with Crippen molar-refractivity contribution in [1.82, 2.24) is 10.1 Å². The van der Waals surface area contributed by atoms with Crippen LogP contribution in [-0.2, 0) is 0 Å². The minimum Gasteiger partial charge on any atom is -0.361 e. The number of H-pyrrole nitrogens is 1. The second-order valence-corrected chi connectivity index (χ2v) is 4.43. The maximum atomic E-state index is 12.2. The zero-order chi connectivity index (χ0) is 13.4. The Morgan fingerprint density at radius 3 is 2.89 bits per heavy atom. The van der Waals surface area contributed by atoms with Crippen LogP contribution in [0.3, 0.4) is 0 Å². The van der Waals surface area contributed by atoms with Gasteiger partial charge in [-0.1, -0.05) is 11.2 Å². The first kappa shape index (κ1) is 11.5. The Hall–Kier alpha value is -2.56. The highest BCUT2D eigenvalue weighted by Gasteiger charge is 2.17. The number of nitrogens with one attached hydrogen (secondary N) is 2. The summed E-state index contributed by atoms with van der Waals surface area (Å²) in [7, 11) is 0. The number of carbonyl (C=O) groups is 1. The first-order valence-electron chi connectivity index (χ1n) is 5.96. The van der Waals surface area contributed by atoms with Crippen LogP contribution in [0.2, 0.25) is 0 Å². The van der Waals surface area contributed by atoms with Crippen LogP contribution < -0.4 is 5.32 Å². The average molecular weight is 255 g/mol. The molecule has 0 radical (unpaired) electrons. The van der Waals surface area contributed by atoms with Crippen LogP contribution >= 0.6 is 0 Å². The lowest BCUT2D eigenvalue weighted by Gasteiger charge is -2.04. The number of aryl methyl sites for hydroxylation is 2. The topological polar surface area (TPSA) is 70.9 Å². The number of nitrogens with zero attached hydrogens (tertiary/aromatic N) is 1. The summed E-state index contributed by atoms with van der Waals surface area (Å²) in [5.74, 6) is 0.318. The molecule has 5 heteroatoms. The Bertz CT molecular complexity index is 735. The van der Waals surface area contributed by atoms with Crippen molar-refractivity contribution in [1.29, 1.82) is 0 Å². The summed E-state index contributed by atoms with van der Waals surface area (Å²) < 4.78 is 4.99. The predicted molar refractivity (Wildman–Crippen MR) is 72.2 cm³/mol. The number of rotatable bonds is 2. The summed E-state index contributed by atoms with van der Waals surface area (Å²) in [5.41, 5.74) is 2.80. The summed E-state index contributed by atoms with van der Waals surface area (Å²) in [6, 6.07) is 7.70. The van der Waals surface area contributed by atoms with Crippen molar-refractivity contribution in [2.75, 3.05) is 5.32 Å². The van der Waals surface area contributed by atoms with Gasteiger partial charge in [-0.05, 0) is 37.4 Å². The number of hydrogen-bond acceptors (Lipinski definition) is 3. The SMILES string of the molecule is Cc1noc(C)c1C(=O)Nc1ccc2cc[nH]c2c1. The molecular formula is C14H13N3O2. The fraction of sp³-hybridized carbons (Fsp3) is 0.143. The van der Waals surface area contributed by atoms with E-state index in [1.165, 1.54) is 0 Å². The third-order valence-corrected chi connectivity index (χ3v) is 3.07. The number of fused-ring (bicyclic) bond motifs is 1. The lowest BCUT2D eigenvalue weighted by Crippen LogP contribution is -2.13. The molecule has 0 aliphatic carbocycles. The molecule has 0 spiro atoms. The van der Waals surface area contributed by atoms with Gasteiger partial charge in [0.1, 0.15) is 11.3 Å². The van der Waals surface area contributed by atoms with Crippen molar-refractivity contribution in [2.24, 2.45) is 0 Å². The van der Waals surface area contributed by atoms with Crippen LogP contribution in [0.15, 0.2) is 35.0 Å². The maximum absolute atomic E-state index is 12.2. The standard InChI is InChI=1S/C14H13N3O2/c1-8-13(9(2)19-17-8)14(18)16-11-4-3-10-5-6-15-12(10)7-11/h3-7,15H,1-2H3,(H,16,18). The van der Waals surface area contributed by atoms with Crippen LogP contribution in [0.25, 0.3) is 10.9 Å². The molecule has 0 aliphatic heterocycles. The van der Waals surface area contributed by atoms with E-state index in [0.717, 1.165) is 16.6 Å². The molecule has 0 unspecified atom stereocenters. The van der Waals surface area contributed by atoms with Crippen LogP contribution in [0.5, 0.6) is 0 Å². The van der Waals surface area contributed by atoms with E-state index in [2.05, 4.69) is 15.5 Å². The molecule has 0 aliphatic rings. The van der Waals surface area contributed by atoms with Crippen LogP contribution in [0.4, 0.5) is 5.69 Å². The van der Waals surface area contributed by atoms with E-state index in [-0.39, 0.29) is 5.91 Å². The van der Waals surface area contributed by atoms with Gasteiger partial charge in [-0.3, -0.25) is 4.79 Å². The van der Waals surface area contributed by atoms with E-state index in [1.807, 2.05) is 30.5 Å². The van der Waals surface area contributed by atoms with Gasteiger partial charge >= 0.3 is 0 Å².